The van der Waals surface area contributed by atoms with Gasteiger partial charge in [0.25, 0.3) is 0 Å². The molecular weight excluding hydrogens is 170 g/mol. The summed E-state index contributed by atoms with van der Waals surface area (Å²) in [6.07, 6.45) is 1.60. The molecule has 0 saturated heterocycles. The van der Waals surface area contributed by atoms with Gasteiger partial charge < -0.3 is 15.2 Å². The van der Waals surface area contributed by atoms with Crippen LogP contribution in [-0.2, 0) is 11.3 Å². The number of methoxy groups -OCH3 is 1. The van der Waals surface area contributed by atoms with Gasteiger partial charge in [0, 0.05) is 19.9 Å². The molecule has 0 spiro atoms. The zero-order chi connectivity index (χ0) is 9.52. The van der Waals surface area contributed by atoms with Crippen molar-refractivity contribution in [3.05, 3.63) is 18.1 Å². The van der Waals surface area contributed by atoms with E-state index in [9.17, 15) is 0 Å². The number of rotatable bonds is 5. The zero-order valence-electron chi connectivity index (χ0n) is 7.53. The second-order valence-electron chi connectivity index (χ2n) is 2.44. The Labute approximate surface area is 76.8 Å². The Kier molecular flexibility index (Phi) is 4.14. The van der Waals surface area contributed by atoms with Crippen molar-refractivity contribution in [2.24, 2.45) is 0 Å². The number of hydrogen-bond donors (Lipinski definition) is 2. The molecule has 1 rings (SSSR count). The van der Waals surface area contributed by atoms with E-state index in [4.69, 9.17) is 9.84 Å². The largest absolute Gasteiger partial charge is 0.388 e. The lowest BCUT2D eigenvalue weighted by molar-refractivity contribution is 0.210. The minimum atomic E-state index is -0.139. The molecular formula is C8H13N3O2. The van der Waals surface area contributed by atoms with Gasteiger partial charge in [-0.1, -0.05) is 0 Å². The van der Waals surface area contributed by atoms with Crippen LogP contribution in [0.15, 0.2) is 12.3 Å². The van der Waals surface area contributed by atoms with Crippen molar-refractivity contribution in [2.45, 2.75) is 6.61 Å². The number of aliphatic hydroxyl groups is 1. The van der Waals surface area contributed by atoms with Crippen molar-refractivity contribution in [1.29, 1.82) is 0 Å². The van der Waals surface area contributed by atoms with Crippen molar-refractivity contribution in [3.63, 3.8) is 0 Å². The summed E-state index contributed by atoms with van der Waals surface area (Å²) in [7, 11) is 1.64. The molecule has 5 nitrogen and oxygen atoms in total. The van der Waals surface area contributed by atoms with Gasteiger partial charge in [0.05, 0.1) is 6.61 Å². The summed E-state index contributed by atoms with van der Waals surface area (Å²) in [5.74, 6) is 1.12. The quantitative estimate of drug-likeness (QED) is 0.630. The molecule has 0 aromatic carbocycles. The van der Waals surface area contributed by atoms with Crippen molar-refractivity contribution in [3.8, 4) is 0 Å². The van der Waals surface area contributed by atoms with Crippen molar-refractivity contribution < 1.29 is 9.84 Å². The number of ether oxygens (including phenoxy) is 1. The maximum atomic E-state index is 8.76. The average molecular weight is 183 g/mol. The Hall–Kier alpha value is -1.20. The highest BCUT2D eigenvalue weighted by atomic mass is 16.5. The lowest BCUT2D eigenvalue weighted by Crippen LogP contribution is -2.09. The fourth-order valence-corrected chi connectivity index (χ4v) is 0.855. The maximum absolute atomic E-state index is 8.76. The van der Waals surface area contributed by atoms with Crippen LogP contribution in [0.4, 0.5) is 5.82 Å². The van der Waals surface area contributed by atoms with Gasteiger partial charge in [-0.2, -0.15) is 0 Å². The summed E-state index contributed by atoms with van der Waals surface area (Å²) >= 11 is 0. The molecule has 72 valence electrons. The number of nitrogens with one attached hydrogen (secondary N) is 1. The monoisotopic (exact) mass is 183 g/mol. The lowest BCUT2D eigenvalue weighted by Gasteiger charge is -2.04. The molecule has 0 aliphatic carbocycles. The third kappa shape index (κ3) is 3.35. The van der Waals surface area contributed by atoms with Crippen LogP contribution in [0.5, 0.6) is 0 Å². The van der Waals surface area contributed by atoms with Crippen molar-refractivity contribution in [1.82, 2.24) is 9.97 Å². The Morgan fingerprint density at radius 2 is 2.46 bits per heavy atom. The van der Waals surface area contributed by atoms with Crippen LogP contribution >= 0.6 is 0 Å². The van der Waals surface area contributed by atoms with E-state index in [1.807, 2.05) is 0 Å². The van der Waals surface area contributed by atoms with E-state index in [0.29, 0.717) is 24.8 Å². The number of aliphatic hydroxyl groups excluding tert-OH is 1. The standard InChI is InChI=1S/C8H13N3O2/c1-13-5-4-10-7-2-3-9-8(6-12)11-7/h2-3,12H,4-6H2,1H3,(H,9,10,11). The fourth-order valence-electron chi connectivity index (χ4n) is 0.855. The molecule has 0 aliphatic heterocycles. The molecule has 1 aromatic heterocycles. The van der Waals surface area contributed by atoms with Gasteiger partial charge in [0.15, 0.2) is 5.82 Å². The van der Waals surface area contributed by atoms with E-state index in [-0.39, 0.29) is 6.61 Å². The van der Waals surface area contributed by atoms with Crippen LogP contribution in [-0.4, -0.2) is 35.3 Å². The fraction of sp³-hybridized carbons (Fsp3) is 0.500. The molecule has 2 N–H and O–H groups in total. The van der Waals surface area contributed by atoms with Gasteiger partial charge in [0.2, 0.25) is 0 Å². The highest BCUT2D eigenvalue weighted by molar-refractivity contribution is 5.32. The summed E-state index contributed by atoms with van der Waals surface area (Å²) in [5, 5.41) is 11.8. The molecule has 0 bridgehead atoms. The van der Waals surface area contributed by atoms with E-state index in [2.05, 4.69) is 15.3 Å². The van der Waals surface area contributed by atoms with Crippen LogP contribution in [0, 0.1) is 0 Å². The first kappa shape index (κ1) is 9.88. The normalized spacial score (nSPS) is 10.0. The summed E-state index contributed by atoms with van der Waals surface area (Å²) in [5.41, 5.74) is 0. The maximum Gasteiger partial charge on any atom is 0.156 e. The molecule has 0 radical (unpaired) electrons. The van der Waals surface area contributed by atoms with E-state index < -0.39 is 0 Å². The number of aromatic nitrogens is 2. The predicted molar refractivity (Wildman–Crippen MR) is 48.3 cm³/mol. The SMILES string of the molecule is COCCNc1ccnc(CO)n1. The molecule has 0 saturated carbocycles. The highest BCUT2D eigenvalue weighted by Crippen LogP contribution is 2.00. The smallest absolute Gasteiger partial charge is 0.156 e. The van der Waals surface area contributed by atoms with E-state index in [1.165, 1.54) is 0 Å². The Balaban J connectivity index is 2.46. The third-order valence-corrected chi connectivity index (χ3v) is 1.46. The molecule has 0 unspecified atom stereocenters. The molecule has 0 fully saturated rings. The zero-order valence-corrected chi connectivity index (χ0v) is 7.53. The summed E-state index contributed by atoms with van der Waals surface area (Å²) < 4.78 is 4.86. The molecule has 0 aliphatic rings. The Morgan fingerprint density at radius 3 is 3.15 bits per heavy atom. The van der Waals surface area contributed by atoms with E-state index in [1.54, 1.807) is 19.4 Å². The minimum absolute atomic E-state index is 0.139. The third-order valence-electron chi connectivity index (χ3n) is 1.46. The van der Waals surface area contributed by atoms with Crippen LogP contribution in [0.2, 0.25) is 0 Å². The first-order valence-electron chi connectivity index (χ1n) is 4.02. The van der Waals surface area contributed by atoms with Crippen LogP contribution in [0.1, 0.15) is 5.82 Å². The average Bonchev–Trinajstić information content (AvgIpc) is 2.19. The Morgan fingerprint density at radius 1 is 1.62 bits per heavy atom. The number of nitrogens with zero attached hydrogens (tertiary/aromatic N) is 2. The van der Waals surface area contributed by atoms with E-state index >= 15 is 0 Å². The first-order chi connectivity index (χ1) is 6.36. The summed E-state index contributed by atoms with van der Waals surface area (Å²) in [4.78, 5) is 7.89. The molecule has 0 atom stereocenters. The van der Waals surface area contributed by atoms with Gasteiger partial charge in [-0.3, -0.25) is 0 Å². The topological polar surface area (TPSA) is 67.3 Å². The Bertz CT molecular complexity index is 255. The van der Waals surface area contributed by atoms with Gasteiger partial charge >= 0.3 is 0 Å². The second-order valence-corrected chi connectivity index (χ2v) is 2.44. The second kappa shape index (κ2) is 5.45. The highest BCUT2D eigenvalue weighted by Gasteiger charge is 1.95. The predicted octanol–water partition coefficient (Wildman–Crippen LogP) is 0.0272. The minimum Gasteiger partial charge on any atom is -0.388 e. The van der Waals surface area contributed by atoms with Crippen molar-refractivity contribution in [2.75, 3.05) is 25.6 Å². The summed E-state index contributed by atoms with van der Waals surface area (Å²) in [6, 6.07) is 1.74. The van der Waals surface area contributed by atoms with Gasteiger partial charge in [-0.25, -0.2) is 9.97 Å². The molecule has 13 heavy (non-hydrogen) atoms. The number of hydrogen-bond acceptors (Lipinski definition) is 5. The van der Waals surface area contributed by atoms with Crippen LogP contribution < -0.4 is 5.32 Å². The van der Waals surface area contributed by atoms with Crippen LogP contribution in [0.3, 0.4) is 0 Å². The van der Waals surface area contributed by atoms with Gasteiger partial charge in [0.1, 0.15) is 12.4 Å². The number of anilines is 1. The van der Waals surface area contributed by atoms with Gasteiger partial charge in [-0.15, -0.1) is 0 Å². The molecule has 5 heteroatoms. The van der Waals surface area contributed by atoms with E-state index in [0.717, 1.165) is 0 Å². The first-order valence-corrected chi connectivity index (χ1v) is 4.02. The molecule has 0 amide bonds. The molecule has 1 aromatic rings. The lowest BCUT2D eigenvalue weighted by atomic mass is 10.5. The summed E-state index contributed by atoms with van der Waals surface area (Å²) in [6.45, 7) is 1.18. The molecule has 1 heterocycles. The van der Waals surface area contributed by atoms with Crippen LogP contribution in [0.25, 0.3) is 0 Å². The van der Waals surface area contributed by atoms with Crippen molar-refractivity contribution >= 4 is 5.82 Å². The van der Waals surface area contributed by atoms with Gasteiger partial charge in [-0.05, 0) is 6.07 Å².